The second-order valence-electron chi connectivity index (χ2n) is 7.91. The van der Waals surface area contributed by atoms with Gasteiger partial charge in [0.25, 0.3) is 0 Å². The van der Waals surface area contributed by atoms with Crippen LogP contribution in [0.3, 0.4) is 0 Å². The molecule has 0 saturated carbocycles. The standard InChI is InChI=1S/C18H25N7O4/c1-23(2)10-22-15-12-16(20-9-19-15)25(11-21-12)17-13-14(26)18(29-17,8-28-13)7-24-3-5-27-6-4-24/h9-11,13-14,17,26H,3-8H2,1-2H3/t13-,14?,17+,18-/m0/s1. The molecule has 0 aromatic carbocycles. The number of ether oxygens (including phenoxy) is 3. The number of nitrogens with zero attached hydrogens (tertiary/aromatic N) is 7. The van der Waals surface area contributed by atoms with Crippen LogP contribution in [0.15, 0.2) is 17.6 Å². The van der Waals surface area contributed by atoms with Crippen molar-refractivity contribution in [2.45, 2.75) is 24.0 Å². The van der Waals surface area contributed by atoms with Crippen molar-refractivity contribution in [3.8, 4) is 0 Å². The van der Waals surface area contributed by atoms with E-state index in [-0.39, 0.29) is 0 Å². The van der Waals surface area contributed by atoms with Crippen LogP contribution >= 0.6 is 0 Å². The monoisotopic (exact) mass is 403 g/mol. The highest BCUT2D eigenvalue weighted by Crippen LogP contribution is 2.46. The predicted octanol–water partition coefficient (Wildman–Crippen LogP) is -0.593. The number of hydrogen-bond acceptors (Lipinski definition) is 9. The first kappa shape index (κ1) is 18.8. The maximum absolute atomic E-state index is 10.9. The first-order valence-corrected chi connectivity index (χ1v) is 9.73. The molecule has 0 radical (unpaired) electrons. The number of aliphatic hydroxyl groups is 1. The highest BCUT2D eigenvalue weighted by Gasteiger charge is 2.62. The van der Waals surface area contributed by atoms with Gasteiger partial charge in [-0.15, -0.1) is 0 Å². The molecule has 3 fully saturated rings. The Labute approximate surface area is 167 Å². The molecule has 1 N–H and O–H groups in total. The summed E-state index contributed by atoms with van der Waals surface area (Å²) in [7, 11) is 3.77. The van der Waals surface area contributed by atoms with Crippen molar-refractivity contribution in [2.24, 2.45) is 4.99 Å². The highest BCUT2D eigenvalue weighted by molar-refractivity contribution is 5.82. The summed E-state index contributed by atoms with van der Waals surface area (Å²) in [5.41, 5.74) is 0.414. The van der Waals surface area contributed by atoms with Gasteiger partial charge in [0.05, 0.1) is 32.5 Å². The van der Waals surface area contributed by atoms with E-state index in [0.717, 1.165) is 13.1 Å². The zero-order chi connectivity index (χ0) is 20.0. The fourth-order valence-electron chi connectivity index (χ4n) is 4.18. The Hall–Kier alpha value is -2.18. The summed E-state index contributed by atoms with van der Waals surface area (Å²) in [5.74, 6) is 0.482. The number of aliphatic imine (C=N–C) groups is 1. The van der Waals surface area contributed by atoms with Gasteiger partial charge in [-0.2, -0.15) is 0 Å². The number of hydrogen-bond donors (Lipinski definition) is 1. The lowest BCUT2D eigenvalue weighted by Gasteiger charge is -2.37. The first-order valence-electron chi connectivity index (χ1n) is 9.73. The van der Waals surface area contributed by atoms with E-state index < -0.39 is 24.0 Å². The molecule has 4 atom stereocenters. The Kier molecular flexibility index (Phi) is 4.71. The smallest absolute Gasteiger partial charge is 0.184 e. The van der Waals surface area contributed by atoms with Crippen molar-refractivity contribution in [3.63, 3.8) is 0 Å². The molecule has 3 aliphatic heterocycles. The molecule has 1 unspecified atom stereocenters. The molecular formula is C18H25N7O4. The molecule has 2 aromatic heterocycles. The van der Waals surface area contributed by atoms with Crippen LogP contribution in [0.2, 0.25) is 0 Å². The molecule has 29 heavy (non-hydrogen) atoms. The summed E-state index contributed by atoms with van der Waals surface area (Å²) in [5, 5.41) is 10.9. The highest BCUT2D eigenvalue weighted by atomic mass is 16.6. The van der Waals surface area contributed by atoms with Gasteiger partial charge in [0, 0.05) is 33.7 Å². The van der Waals surface area contributed by atoms with E-state index in [4.69, 9.17) is 14.2 Å². The van der Waals surface area contributed by atoms with Crippen molar-refractivity contribution in [3.05, 3.63) is 12.7 Å². The fraction of sp³-hybridized carbons (Fsp3) is 0.667. The van der Waals surface area contributed by atoms with Crippen molar-refractivity contribution < 1.29 is 19.3 Å². The molecule has 11 heteroatoms. The zero-order valence-corrected chi connectivity index (χ0v) is 16.5. The van der Waals surface area contributed by atoms with Crippen LogP contribution < -0.4 is 0 Å². The second-order valence-corrected chi connectivity index (χ2v) is 7.91. The van der Waals surface area contributed by atoms with E-state index in [2.05, 4.69) is 24.8 Å². The Morgan fingerprint density at radius 3 is 2.93 bits per heavy atom. The van der Waals surface area contributed by atoms with Gasteiger partial charge in [0.15, 0.2) is 23.2 Å². The van der Waals surface area contributed by atoms with Crippen molar-refractivity contribution in [1.29, 1.82) is 0 Å². The third-order valence-electron chi connectivity index (χ3n) is 5.63. The van der Waals surface area contributed by atoms with Gasteiger partial charge in [-0.1, -0.05) is 0 Å². The maximum Gasteiger partial charge on any atom is 0.184 e. The molecule has 5 rings (SSSR count). The Balaban J connectivity index is 1.43. The summed E-state index contributed by atoms with van der Waals surface area (Å²) < 4.78 is 19.6. The Morgan fingerprint density at radius 1 is 1.31 bits per heavy atom. The van der Waals surface area contributed by atoms with Crippen LogP contribution in [-0.2, 0) is 14.2 Å². The topological polar surface area (TPSA) is 110 Å². The second kappa shape index (κ2) is 7.26. The molecule has 0 amide bonds. The molecule has 0 aliphatic carbocycles. The average Bonchev–Trinajstić information content (AvgIpc) is 3.36. The van der Waals surface area contributed by atoms with Gasteiger partial charge in [0.1, 0.15) is 24.1 Å². The lowest BCUT2D eigenvalue weighted by atomic mass is 9.98. The lowest BCUT2D eigenvalue weighted by Crippen LogP contribution is -2.53. The first-order chi connectivity index (χ1) is 14.1. The largest absolute Gasteiger partial charge is 0.387 e. The molecular weight excluding hydrogens is 378 g/mol. The fourth-order valence-corrected chi connectivity index (χ4v) is 4.18. The Morgan fingerprint density at radius 2 is 2.14 bits per heavy atom. The average molecular weight is 403 g/mol. The number of aromatic nitrogens is 4. The summed E-state index contributed by atoms with van der Waals surface area (Å²) >= 11 is 0. The van der Waals surface area contributed by atoms with E-state index in [9.17, 15) is 5.11 Å². The summed E-state index contributed by atoms with van der Waals surface area (Å²) in [6.45, 7) is 4.00. The van der Waals surface area contributed by atoms with Crippen LogP contribution in [0.4, 0.5) is 5.82 Å². The van der Waals surface area contributed by atoms with E-state index in [1.807, 2.05) is 19.0 Å². The minimum atomic E-state index is -0.762. The van der Waals surface area contributed by atoms with Crippen LogP contribution in [0.5, 0.6) is 0 Å². The van der Waals surface area contributed by atoms with Gasteiger partial charge in [-0.05, 0) is 0 Å². The SMILES string of the molecule is CN(C)C=Nc1ncnc2c1ncn2[C@@H]1O[C@@]2(CN3CCOCC3)CO[C@H]1C2O. The molecule has 5 heterocycles. The van der Waals surface area contributed by atoms with E-state index >= 15 is 0 Å². The van der Waals surface area contributed by atoms with E-state index in [0.29, 0.717) is 43.3 Å². The molecule has 3 aliphatic rings. The van der Waals surface area contributed by atoms with Gasteiger partial charge in [0.2, 0.25) is 0 Å². The van der Waals surface area contributed by atoms with E-state index in [1.165, 1.54) is 6.33 Å². The van der Waals surface area contributed by atoms with Crippen LogP contribution in [0, 0.1) is 0 Å². The number of morpholine rings is 1. The van der Waals surface area contributed by atoms with Crippen molar-refractivity contribution >= 4 is 23.3 Å². The van der Waals surface area contributed by atoms with E-state index in [1.54, 1.807) is 17.2 Å². The number of aliphatic hydroxyl groups excluding tert-OH is 1. The molecule has 156 valence electrons. The minimum absolute atomic E-state index is 0.368. The van der Waals surface area contributed by atoms with Crippen LogP contribution in [0.1, 0.15) is 6.23 Å². The van der Waals surface area contributed by atoms with Crippen molar-refractivity contribution in [1.82, 2.24) is 29.3 Å². The van der Waals surface area contributed by atoms with Gasteiger partial charge < -0.3 is 24.2 Å². The third kappa shape index (κ3) is 3.19. The summed E-state index contributed by atoms with van der Waals surface area (Å²) in [6, 6.07) is 0. The van der Waals surface area contributed by atoms with Gasteiger partial charge in [-0.25, -0.2) is 19.9 Å². The van der Waals surface area contributed by atoms with Gasteiger partial charge >= 0.3 is 0 Å². The number of fused-ring (bicyclic) bond motifs is 3. The van der Waals surface area contributed by atoms with Gasteiger partial charge in [-0.3, -0.25) is 9.47 Å². The molecule has 3 saturated heterocycles. The minimum Gasteiger partial charge on any atom is -0.387 e. The molecule has 2 bridgehead atoms. The lowest BCUT2D eigenvalue weighted by molar-refractivity contribution is -0.181. The normalized spacial score (nSPS) is 32.6. The zero-order valence-electron chi connectivity index (χ0n) is 16.5. The predicted molar refractivity (Wildman–Crippen MR) is 103 cm³/mol. The summed E-state index contributed by atoms with van der Waals surface area (Å²) in [4.78, 5) is 21.5. The van der Waals surface area contributed by atoms with Crippen LogP contribution in [0.25, 0.3) is 11.2 Å². The summed E-state index contributed by atoms with van der Waals surface area (Å²) in [6.07, 6.45) is 3.07. The number of rotatable bonds is 5. The molecule has 2 aromatic rings. The number of imidazole rings is 1. The Bertz CT molecular complexity index is 913. The molecule has 0 spiro atoms. The van der Waals surface area contributed by atoms with Crippen LogP contribution in [-0.4, -0.2) is 112 Å². The maximum atomic E-state index is 10.9. The quantitative estimate of drug-likeness (QED) is 0.517. The van der Waals surface area contributed by atoms with Crippen molar-refractivity contribution in [2.75, 3.05) is 53.6 Å². The molecule has 11 nitrogen and oxygen atoms in total. The third-order valence-corrected chi connectivity index (χ3v) is 5.63.